The van der Waals surface area contributed by atoms with Crippen LogP contribution in [0.15, 0.2) is 18.5 Å². The first kappa shape index (κ1) is 12.8. The van der Waals surface area contributed by atoms with Crippen molar-refractivity contribution in [3.05, 3.63) is 31.1 Å². The third kappa shape index (κ3) is 1.45. The molecular formula is C12H12N5O3. The van der Waals surface area contributed by atoms with Crippen molar-refractivity contribution in [3.63, 3.8) is 0 Å². The van der Waals surface area contributed by atoms with Crippen molar-refractivity contribution in [1.82, 2.24) is 14.6 Å². The van der Waals surface area contributed by atoms with Gasteiger partial charge in [-0.2, -0.15) is 10.4 Å². The summed E-state index contributed by atoms with van der Waals surface area (Å²) in [6, 6.07) is 5.07. The van der Waals surface area contributed by atoms with Gasteiger partial charge in [0.15, 0.2) is 5.82 Å². The van der Waals surface area contributed by atoms with E-state index in [2.05, 4.69) is 17.0 Å². The Hall–Kier alpha value is -2.21. The summed E-state index contributed by atoms with van der Waals surface area (Å²) in [6.45, 7) is 3.57. The van der Waals surface area contributed by atoms with E-state index in [1.807, 2.05) is 6.07 Å². The van der Waals surface area contributed by atoms with E-state index in [0.717, 1.165) is 0 Å². The molecule has 103 valence electrons. The van der Waals surface area contributed by atoms with Crippen molar-refractivity contribution >= 4 is 11.3 Å². The van der Waals surface area contributed by atoms with Crippen molar-refractivity contribution in [2.45, 2.75) is 23.9 Å². The van der Waals surface area contributed by atoms with Gasteiger partial charge in [0, 0.05) is 0 Å². The lowest BCUT2D eigenvalue weighted by atomic mass is 9.93. The molecule has 0 spiro atoms. The summed E-state index contributed by atoms with van der Waals surface area (Å²) in [5.41, 5.74) is 4.72. The maximum atomic E-state index is 10.2. The highest BCUT2D eigenvalue weighted by Gasteiger charge is 2.56. The van der Waals surface area contributed by atoms with Gasteiger partial charge in [0.2, 0.25) is 5.60 Å². The van der Waals surface area contributed by atoms with Crippen molar-refractivity contribution in [1.29, 1.82) is 5.26 Å². The average Bonchev–Trinajstić information content (AvgIpc) is 2.96. The molecule has 0 unspecified atom stereocenters. The summed E-state index contributed by atoms with van der Waals surface area (Å²) in [5.74, 6) is 0.235. The van der Waals surface area contributed by atoms with Gasteiger partial charge in [-0.1, -0.05) is 0 Å². The number of hydrogen-bond acceptors (Lipinski definition) is 7. The quantitative estimate of drug-likeness (QED) is 0.607. The van der Waals surface area contributed by atoms with E-state index >= 15 is 0 Å². The number of aliphatic hydroxyl groups is 2. The van der Waals surface area contributed by atoms with E-state index in [-0.39, 0.29) is 11.5 Å². The predicted octanol–water partition coefficient (Wildman–Crippen LogP) is -1.01. The zero-order valence-electron chi connectivity index (χ0n) is 10.3. The minimum atomic E-state index is -1.75. The minimum Gasteiger partial charge on any atom is -0.388 e. The summed E-state index contributed by atoms with van der Waals surface area (Å²) in [4.78, 5) is 3.84. The maximum Gasteiger partial charge on any atom is 0.225 e. The zero-order chi connectivity index (χ0) is 14.5. The second-order valence-electron chi connectivity index (χ2n) is 4.60. The molecule has 0 saturated carbocycles. The molecule has 0 bridgehead atoms. The van der Waals surface area contributed by atoms with E-state index < -0.39 is 23.9 Å². The normalized spacial score (nSPS) is 33.4. The van der Waals surface area contributed by atoms with Crippen molar-refractivity contribution in [3.8, 4) is 6.07 Å². The van der Waals surface area contributed by atoms with Crippen molar-refractivity contribution in [2.24, 2.45) is 0 Å². The van der Waals surface area contributed by atoms with Gasteiger partial charge in [0.25, 0.3) is 0 Å². The summed E-state index contributed by atoms with van der Waals surface area (Å²) < 4.78 is 6.78. The fourth-order valence-corrected chi connectivity index (χ4v) is 2.42. The Morgan fingerprint density at radius 3 is 2.85 bits per heavy atom. The second kappa shape index (κ2) is 4.14. The van der Waals surface area contributed by atoms with E-state index in [4.69, 9.17) is 10.5 Å². The Labute approximate surface area is 114 Å². The molecule has 4 atom stereocenters. The Morgan fingerprint density at radius 1 is 1.50 bits per heavy atom. The van der Waals surface area contributed by atoms with Crippen molar-refractivity contribution in [2.75, 3.05) is 5.73 Å². The first-order chi connectivity index (χ1) is 9.51. The van der Waals surface area contributed by atoms with Gasteiger partial charge in [0.05, 0.1) is 11.8 Å². The van der Waals surface area contributed by atoms with E-state index in [1.54, 1.807) is 12.1 Å². The number of fused-ring (bicyclic) bond motifs is 1. The number of nitrogens with zero attached hydrogens (tertiary/aromatic N) is 4. The number of nitrogens with two attached hydrogens (primary N) is 1. The third-order valence-corrected chi connectivity index (χ3v) is 3.49. The monoisotopic (exact) mass is 274 g/mol. The fraction of sp³-hybridized carbons (Fsp3) is 0.333. The summed E-state index contributed by atoms with van der Waals surface area (Å²) in [6.07, 6.45) is -2.39. The SMILES string of the molecule is [CH2][C@H]1O[C@@](C#N)(c2ccc3c(N)ncnn23)[C@H](O)[C@@H]1O. The lowest BCUT2D eigenvalue weighted by Crippen LogP contribution is -2.40. The van der Waals surface area contributed by atoms with Gasteiger partial charge >= 0.3 is 0 Å². The smallest absolute Gasteiger partial charge is 0.225 e. The van der Waals surface area contributed by atoms with Crippen LogP contribution >= 0.6 is 0 Å². The summed E-state index contributed by atoms with van der Waals surface area (Å²) in [5, 5.41) is 33.4. The van der Waals surface area contributed by atoms with Gasteiger partial charge in [-0.3, -0.25) is 0 Å². The molecule has 0 aliphatic carbocycles. The molecule has 4 N–H and O–H groups in total. The molecule has 8 heteroatoms. The molecule has 1 fully saturated rings. The first-order valence-electron chi connectivity index (χ1n) is 5.88. The molecule has 1 saturated heterocycles. The maximum absolute atomic E-state index is 10.2. The molecule has 8 nitrogen and oxygen atoms in total. The van der Waals surface area contributed by atoms with Crippen LogP contribution in [0.1, 0.15) is 5.69 Å². The molecule has 3 heterocycles. The molecule has 1 radical (unpaired) electrons. The standard InChI is InChI=1S/C12H12N5O3/c1-6-9(18)10(19)12(4-13,20-6)8-3-2-7-11(14)15-5-16-17(7)8/h2-3,5-6,9-10,18-19H,1H2,(H2,14,15,16)/t6-,9-,10-,12+/m1/s1. The molecule has 1 aliphatic rings. The van der Waals surface area contributed by atoms with Crippen LogP contribution < -0.4 is 5.73 Å². The van der Waals surface area contributed by atoms with Crippen LogP contribution in [0.25, 0.3) is 5.52 Å². The lowest BCUT2D eigenvalue weighted by molar-refractivity contribution is -0.0407. The Morgan fingerprint density at radius 2 is 2.25 bits per heavy atom. The van der Waals surface area contributed by atoms with E-state index in [1.165, 1.54) is 10.8 Å². The largest absolute Gasteiger partial charge is 0.388 e. The van der Waals surface area contributed by atoms with Gasteiger partial charge in [0.1, 0.15) is 30.1 Å². The number of hydrogen-bond donors (Lipinski definition) is 3. The number of ether oxygens (including phenoxy) is 1. The minimum absolute atomic E-state index is 0.235. The number of aliphatic hydroxyl groups excluding tert-OH is 2. The molecule has 2 aromatic heterocycles. The van der Waals surface area contributed by atoms with Gasteiger partial charge in [-0.25, -0.2) is 9.50 Å². The molecule has 2 aromatic rings. The molecule has 20 heavy (non-hydrogen) atoms. The van der Waals surface area contributed by atoms with E-state index in [9.17, 15) is 15.5 Å². The number of anilines is 1. The highest BCUT2D eigenvalue weighted by molar-refractivity contribution is 5.66. The number of nitriles is 1. The number of rotatable bonds is 1. The van der Waals surface area contributed by atoms with Gasteiger partial charge in [-0.15, -0.1) is 0 Å². The van der Waals surface area contributed by atoms with Crippen LogP contribution in [0.5, 0.6) is 0 Å². The van der Waals surface area contributed by atoms with Crippen molar-refractivity contribution < 1.29 is 14.9 Å². The first-order valence-corrected chi connectivity index (χ1v) is 5.88. The van der Waals surface area contributed by atoms with Gasteiger partial charge < -0.3 is 20.7 Å². The van der Waals surface area contributed by atoms with Crippen LogP contribution in [0, 0.1) is 18.3 Å². The molecular weight excluding hydrogens is 262 g/mol. The van der Waals surface area contributed by atoms with Crippen LogP contribution in [0.4, 0.5) is 5.82 Å². The third-order valence-electron chi connectivity index (χ3n) is 3.49. The van der Waals surface area contributed by atoms with Crippen LogP contribution in [-0.4, -0.2) is 43.1 Å². The highest BCUT2D eigenvalue weighted by atomic mass is 16.6. The zero-order valence-corrected chi connectivity index (χ0v) is 10.3. The van der Waals surface area contributed by atoms with Crippen LogP contribution in [0.2, 0.25) is 0 Å². The molecule has 3 rings (SSSR count). The lowest BCUT2D eigenvalue weighted by Gasteiger charge is -2.24. The number of aromatic nitrogens is 3. The highest BCUT2D eigenvalue weighted by Crippen LogP contribution is 2.39. The summed E-state index contributed by atoms with van der Waals surface area (Å²) in [7, 11) is 0. The Bertz CT molecular complexity index is 709. The Kier molecular flexibility index (Phi) is 2.65. The van der Waals surface area contributed by atoms with E-state index in [0.29, 0.717) is 5.52 Å². The number of nitrogen functional groups attached to an aromatic ring is 1. The summed E-state index contributed by atoms with van der Waals surface area (Å²) >= 11 is 0. The second-order valence-corrected chi connectivity index (χ2v) is 4.60. The van der Waals surface area contributed by atoms with Crippen LogP contribution in [0.3, 0.4) is 0 Å². The van der Waals surface area contributed by atoms with Crippen LogP contribution in [-0.2, 0) is 10.3 Å². The molecule has 1 aliphatic heterocycles. The average molecular weight is 274 g/mol. The van der Waals surface area contributed by atoms with Gasteiger partial charge in [-0.05, 0) is 19.1 Å². The fourth-order valence-electron chi connectivity index (χ4n) is 2.42. The molecule has 0 amide bonds. The Balaban J connectivity index is 2.24. The predicted molar refractivity (Wildman–Crippen MR) is 66.9 cm³/mol. The molecule has 0 aromatic carbocycles. The topological polar surface area (TPSA) is 130 Å².